The lowest BCUT2D eigenvalue weighted by Crippen LogP contribution is -1.82. The van der Waals surface area contributed by atoms with Gasteiger partial charge in [0.25, 0.3) is 0 Å². The Bertz CT molecular complexity index is 121. The maximum absolute atomic E-state index is 4.80. The van der Waals surface area contributed by atoms with Gasteiger partial charge in [0.05, 0.1) is 0 Å². The van der Waals surface area contributed by atoms with Crippen molar-refractivity contribution in [1.29, 1.82) is 0 Å². The second-order valence-corrected chi connectivity index (χ2v) is 4.82. The fraction of sp³-hybridized carbons (Fsp3) is 0.929. The molecule has 0 fully saturated rings. The molecule has 15 heavy (non-hydrogen) atoms. The Morgan fingerprint density at radius 1 is 0.667 bits per heavy atom. The molecule has 0 heterocycles. The van der Waals surface area contributed by atoms with Crippen LogP contribution < -0.4 is 0 Å². The Balaban J connectivity index is 2.83. The molecule has 0 aromatic rings. The van der Waals surface area contributed by atoms with E-state index in [4.69, 9.17) is 12.2 Å². The van der Waals surface area contributed by atoms with Gasteiger partial charge in [0.15, 0.2) is 0 Å². The van der Waals surface area contributed by atoms with Gasteiger partial charge in [0, 0.05) is 0 Å². The SMILES string of the molecule is CCCCCCCCCCCCCC=S. The lowest BCUT2D eigenvalue weighted by Gasteiger charge is -2.01. The summed E-state index contributed by atoms with van der Waals surface area (Å²) in [6, 6.07) is 0. The van der Waals surface area contributed by atoms with E-state index in [1.54, 1.807) is 0 Å². The number of hydrogen-bond acceptors (Lipinski definition) is 1. The van der Waals surface area contributed by atoms with Crippen molar-refractivity contribution in [2.75, 3.05) is 0 Å². The van der Waals surface area contributed by atoms with Crippen molar-refractivity contribution in [2.24, 2.45) is 0 Å². The highest BCUT2D eigenvalue weighted by Gasteiger charge is 1.92. The normalized spacial score (nSPS) is 10.5. The number of unbranched alkanes of at least 4 members (excludes halogenated alkanes) is 11. The van der Waals surface area contributed by atoms with Crippen LogP contribution in [0.25, 0.3) is 0 Å². The summed E-state index contributed by atoms with van der Waals surface area (Å²) in [4.78, 5) is 0. The molecular formula is C14H28S. The highest BCUT2D eigenvalue weighted by atomic mass is 32.1. The Hall–Kier alpha value is 0.0900. The minimum absolute atomic E-state index is 1.13. The molecule has 0 saturated heterocycles. The summed E-state index contributed by atoms with van der Waals surface area (Å²) in [6.07, 6.45) is 16.7. The lowest BCUT2D eigenvalue weighted by molar-refractivity contribution is 0.552. The third-order valence-electron chi connectivity index (χ3n) is 2.93. The quantitative estimate of drug-likeness (QED) is 0.305. The zero-order valence-corrected chi connectivity index (χ0v) is 11.3. The summed E-state index contributed by atoms with van der Waals surface area (Å²) in [7, 11) is 0. The fourth-order valence-electron chi connectivity index (χ4n) is 1.89. The van der Waals surface area contributed by atoms with E-state index in [-0.39, 0.29) is 0 Å². The molecule has 0 saturated carbocycles. The van der Waals surface area contributed by atoms with Gasteiger partial charge in [-0.2, -0.15) is 0 Å². The summed E-state index contributed by atoms with van der Waals surface area (Å²) in [5, 5.41) is 1.87. The maximum atomic E-state index is 4.80. The van der Waals surface area contributed by atoms with E-state index in [2.05, 4.69) is 6.92 Å². The first-order chi connectivity index (χ1) is 7.41. The molecule has 0 aromatic heterocycles. The molecule has 0 aliphatic rings. The van der Waals surface area contributed by atoms with Gasteiger partial charge >= 0.3 is 0 Å². The van der Waals surface area contributed by atoms with Crippen molar-refractivity contribution < 1.29 is 0 Å². The highest BCUT2D eigenvalue weighted by molar-refractivity contribution is 7.78. The molecule has 0 amide bonds. The van der Waals surface area contributed by atoms with E-state index in [1.165, 1.54) is 70.6 Å². The van der Waals surface area contributed by atoms with Gasteiger partial charge in [-0.25, -0.2) is 0 Å². The average molecular weight is 228 g/mol. The Morgan fingerprint density at radius 2 is 1.07 bits per heavy atom. The molecule has 0 unspecified atom stereocenters. The number of hydrogen-bond donors (Lipinski definition) is 0. The minimum atomic E-state index is 1.13. The summed E-state index contributed by atoms with van der Waals surface area (Å²) in [5.41, 5.74) is 0. The van der Waals surface area contributed by atoms with Crippen molar-refractivity contribution in [3.63, 3.8) is 0 Å². The van der Waals surface area contributed by atoms with Crippen molar-refractivity contribution in [3.8, 4) is 0 Å². The van der Waals surface area contributed by atoms with E-state index in [1.807, 2.05) is 5.37 Å². The first kappa shape index (κ1) is 15.1. The zero-order valence-electron chi connectivity index (χ0n) is 10.5. The smallest absolute Gasteiger partial charge is 0.0210 e. The molecule has 0 aliphatic carbocycles. The topological polar surface area (TPSA) is 0 Å². The van der Waals surface area contributed by atoms with Gasteiger partial charge in [0.1, 0.15) is 0 Å². The second kappa shape index (κ2) is 14.1. The first-order valence-electron chi connectivity index (χ1n) is 6.85. The predicted octanol–water partition coefficient (Wildman–Crippen LogP) is 5.69. The summed E-state index contributed by atoms with van der Waals surface area (Å²) < 4.78 is 0. The van der Waals surface area contributed by atoms with Crippen LogP contribution in [0.5, 0.6) is 0 Å². The third kappa shape index (κ3) is 14.1. The van der Waals surface area contributed by atoms with E-state index in [0.717, 1.165) is 6.42 Å². The number of thiocarbonyl (C=S) groups is 1. The van der Waals surface area contributed by atoms with Crippen LogP contribution in [0.3, 0.4) is 0 Å². The second-order valence-electron chi connectivity index (χ2n) is 4.49. The molecule has 0 bridgehead atoms. The standard InChI is InChI=1S/C14H28S/c1-2-3-4-5-6-7-8-9-10-11-12-13-14-15/h14H,2-13H2,1H3. The van der Waals surface area contributed by atoms with Crippen molar-refractivity contribution in [3.05, 3.63) is 0 Å². The summed E-state index contributed by atoms with van der Waals surface area (Å²) in [6.45, 7) is 2.28. The molecule has 1 heteroatoms. The Kier molecular flexibility index (Phi) is 14.2. The average Bonchev–Trinajstić information content (AvgIpc) is 2.26. The first-order valence-corrected chi connectivity index (χ1v) is 7.32. The summed E-state index contributed by atoms with van der Waals surface area (Å²) in [5.74, 6) is 0. The van der Waals surface area contributed by atoms with Crippen LogP contribution in [0.4, 0.5) is 0 Å². The molecule has 0 atom stereocenters. The molecule has 0 spiro atoms. The van der Waals surface area contributed by atoms with Crippen molar-refractivity contribution in [2.45, 2.75) is 84.0 Å². The molecule has 0 aliphatic heterocycles. The largest absolute Gasteiger partial charge is 0.0935 e. The molecule has 0 N–H and O–H groups in total. The molecule has 0 aromatic carbocycles. The van der Waals surface area contributed by atoms with Crippen LogP contribution in [0.2, 0.25) is 0 Å². The van der Waals surface area contributed by atoms with E-state index < -0.39 is 0 Å². The van der Waals surface area contributed by atoms with Gasteiger partial charge in [-0.15, -0.1) is 0 Å². The van der Waals surface area contributed by atoms with Gasteiger partial charge in [-0.1, -0.05) is 83.3 Å². The minimum Gasteiger partial charge on any atom is -0.0935 e. The van der Waals surface area contributed by atoms with E-state index >= 15 is 0 Å². The van der Waals surface area contributed by atoms with Crippen LogP contribution in [-0.4, -0.2) is 5.37 Å². The molecule has 0 rings (SSSR count). The van der Waals surface area contributed by atoms with Gasteiger partial charge < -0.3 is 0 Å². The van der Waals surface area contributed by atoms with Gasteiger partial charge in [-0.3, -0.25) is 0 Å². The van der Waals surface area contributed by atoms with Crippen LogP contribution in [0.15, 0.2) is 0 Å². The Morgan fingerprint density at radius 3 is 1.47 bits per heavy atom. The molecular weight excluding hydrogens is 200 g/mol. The predicted molar refractivity (Wildman–Crippen MR) is 74.7 cm³/mol. The van der Waals surface area contributed by atoms with Crippen LogP contribution >= 0.6 is 12.2 Å². The highest BCUT2D eigenvalue weighted by Crippen LogP contribution is 2.11. The third-order valence-corrected chi connectivity index (χ3v) is 3.16. The van der Waals surface area contributed by atoms with Gasteiger partial charge in [-0.05, 0) is 18.2 Å². The molecule has 0 radical (unpaired) electrons. The van der Waals surface area contributed by atoms with Crippen molar-refractivity contribution >= 4 is 17.6 Å². The zero-order chi connectivity index (χ0) is 11.2. The monoisotopic (exact) mass is 228 g/mol. The Labute approximate surface area is 102 Å². The molecule has 90 valence electrons. The number of rotatable bonds is 12. The molecule has 0 nitrogen and oxygen atoms in total. The van der Waals surface area contributed by atoms with Crippen molar-refractivity contribution in [1.82, 2.24) is 0 Å². The lowest BCUT2D eigenvalue weighted by atomic mass is 10.1. The fourth-order valence-corrected chi connectivity index (χ4v) is 2.06. The van der Waals surface area contributed by atoms with Crippen LogP contribution in [0, 0.1) is 0 Å². The summed E-state index contributed by atoms with van der Waals surface area (Å²) >= 11 is 4.80. The van der Waals surface area contributed by atoms with Gasteiger partial charge in [0.2, 0.25) is 0 Å². The van der Waals surface area contributed by atoms with Crippen LogP contribution in [0.1, 0.15) is 84.0 Å². The van der Waals surface area contributed by atoms with E-state index in [0.29, 0.717) is 0 Å². The van der Waals surface area contributed by atoms with E-state index in [9.17, 15) is 0 Å². The van der Waals surface area contributed by atoms with Crippen LogP contribution in [-0.2, 0) is 0 Å². The maximum Gasteiger partial charge on any atom is -0.0210 e.